The Hall–Kier alpha value is -4.20. The summed E-state index contributed by atoms with van der Waals surface area (Å²) >= 11 is 5.74. The summed E-state index contributed by atoms with van der Waals surface area (Å²) in [5, 5.41) is 6.01. The molecule has 39 heavy (non-hydrogen) atoms. The predicted molar refractivity (Wildman–Crippen MR) is 130 cm³/mol. The number of nitrogens with zero attached hydrogens (tertiary/aromatic N) is 7. The van der Waals surface area contributed by atoms with Crippen LogP contribution in [-0.4, -0.2) is 48.7 Å². The monoisotopic (exact) mass is 564 g/mol. The number of carbonyl (C=O) groups is 1. The molecule has 0 radical (unpaired) electrons. The average molecular weight is 565 g/mol. The number of hydrogen-bond donors (Lipinski definition) is 1. The van der Waals surface area contributed by atoms with Gasteiger partial charge >= 0.3 is 0 Å². The van der Waals surface area contributed by atoms with E-state index in [0.717, 1.165) is 37.2 Å². The summed E-state index contributed by atoms with van der Waals surface area (Å²) < 4.78 is 70.5. The molecule has 0 aliphatic carbocycles. The van der Waals surface area contributed by atoms with Crippen LogP contribution in [0.1, 0.15) is 46.6 Å². The molecule has 15 heteroatoms. The second-order valence-corrected chi connectivity index (χ2v) is 8.94. The summed E-state index contributed by atoms with van der Waals surface area (Å²) in [6.07, 6.45) is 1.43. The van der Waals surface area contributed by atoms with Crippen molar-refractivity contribution in [1.29, 1.82) is 0 Å². The molecular weight excluding hydrogens is 547 g/mol. The summed E-state index contributed by atoms with van der Waals surface area (Å²) in [5.41, 5.74) is -3.10. The van der Waals surface area contributed by atoms with Gasteiger partial charge in [-0.05, 0) is 12.5 Å². The fourth-order valence-electron chi connectivity index (χ4n) is 3.85. The van der Waals surface area contributed by atoms with Gasteiger partial charge in [0.25, 0.3) is 18.8 Å². The van der Waals surface area contributed by atoms with E-state index in [1.54, 1.807) is 12.4 Å². The molecule has 1 saturated heterocycles. The van der Waals surface area contributed by atoms with Crippen LogP contribution >= 0.6 is 11.6 Å². The lowest BCUT2D eigenvalue weighted by Gasteiger charge is -2.30. The lowest BCUT2D eigenvalue weighted by atomic mass is 10.0. The Labute approximate surface area is 222 Å². The maximum atomic E-state index is 14.7. The molecule has 0 saturated carbocycles. The van der Waals surface area contributed by atoms with E-state index in [1.165, 1.54) is 17.1 Å². The highest BCUT2D eigenvalue weighted by atomic mass is 35.5. The first-order chi connectivity index (χ1) is 18.7. The third kappa shape index (κ3) is 5.50. The zero-order chi connectivity index (χ0) is 27.7. The lowest BCUT2D eigenvalue weighted by molar-refractivity contribution is 0.0998. The summed E-state index contributed by atoms with van der Waals surface area (Å²) in [4.78, 5) is 30.9. The number of hydrogen-bond acceptors (Lipinski definition) is 7. The third-order valence-electron chi connectivity index (χ3n) is 5.91. The van der Waals surface area contributed by atoms with Crippen molar-refractivity contribution in [2.75, 3.05) is 23.3 Å². The highest BCUT2D eigenvalue weighted by molar-refractivity contribution is 6.31. The number of halogens is 6. The first-order valence-electron chi connectivity index (χ1n) is 11.5. The maximum Gasteiger partial charge on any atom is 0.282 e. The van der Waals surface area contributed by atoms with Crippen molar-refractivity contribution >= 4 is 29.1 Å². The van der Waals surface area contributed by atoms with Crippen LogP contribution in [0.2, 0.25) is 5.02 Å². The number of carbonyl (C=O) groups excluding carboxylic acids is 1. The SMILES string of the molecule is O=C(Nc1cnn(Cc2cnc(N3CCC3)nc2)c1)c1nc(-c2c(C(F)F)ccc(Cl)c2F)cnc1C(F)F. The van der Waals surface area contributed by atoms with Crippen molar-refractivity contribution in [2.45, 2.75) is 25.8 Å². The van der Waals surface area contributed by atoms with Gasteiger partial charge < -0.3 is 10.2 Å². The molecule has 0 atom stereocenters. The Morgan fingerprint density at radius 1 is 1.03 bits per heavy atom. The van der Waals surface area contributed by atoms with Crippen LogP contribution < -0.4 is 10.2 Å². The van der Waals surface area contributed by atoms with Gasteiger partial charge in [-0.15, -0.1) is 0 Å². The Morgan fingerprint density at radius 2 is 1.77 bits per heavy atom. The van der Waals surface area contributed by atoms with E-state index in [-0.39, 0.29) is 12.2 Å². The van der Waals surface area contributed by atoms with E-state index < -0.39 is 57.8 Å². The standard InChI is InChI=1S/C24H18ClF5N8O/c25-15-3-2-14(21(27)28)17(18(15)26)16-9-31-19(22(29)30)20(36-16)23(39)35-13-8-34-38(11-13)10-12-6-32-24(33-7-12)37-4-1-5-37/h2-3,6-9,11,21-22H,1,4-5,10H2,(H,35,39). The summed E-state index contributed by atoms with van der Waals surface area (Å²) in [7, 11) is 0. The fraction of sp³-hybridized carbons (Fsp3) is 0.250. The van der Waals surface area contributed by atoms with Crippen molar-refractivity contribution in [3.63, 3.8) is 0 Å². The fourth-order valence-corrected chi connectivity index (χ4v) is 4.01. The van der Waals surface area contributed by atoms with Gasteiger partial charge in [0.05, 0.1) is 35.3 Å². The first kappa shape index (κ1) is 26.4. The number of anilines is 2. The Morgan fingerprint density at radius 3 is 2.41 bits per heavy atom. The van der Waals surface area contributed by atoms with Crippen LogP contribution in [-0.2, 0) is 6.54 Å². The van der Waals surface area contributed by atoms with Gasteiger partial charge in [-0.25, -0.2) is 36.9 Å². The van der Waals surface area contributed by atoms with Crippen LogP contribution in [0.4, 0.5) is 33.6 Å². The van der Waals surface area contributed by atoms with Crippen molar-refractivity contribution < 1.29 is 26.7 Å². The largest absolute Gasteiger partial charge is 0.341 e. The summed E-state index contributed by atoms with van der Waals surface area (Å²) in [6, 6.07) is 1.81. The molecule has 202 valence electrons. The van der Waals surface area contributed by atoms with E-state index in [9.17, 15) is 26.7 Å². The minimum absolute atomic E-state index is 0.132. The van der Waals surface area contributed by atoms with E-state index in [0.29, 0.717) is 12.1 Å². The molecule has 1 aliphatic rings. The highest BCUT2D eigenvalue weighted by Crippen LogP contribution is 2.36. The molecule has 9 nitrogen and oxygen atoms in total. The van der Waals surface area contributed by atoms with Crippen molar-refractivity contribution in [1.82, 2.24) is 29.7 Å². The number of alkyl halides is 4. The number of rotatable bonds is 8. The number of aromatic nitrogens is 6. The van der Waals surface area contributed by atoms with Gasteiger partial charge in [-0.1, -0.05) is 17.7 Å². The number of benzene rings is 1. The average Bonchev–Trinajstić information content (AvgIpc) is 3.31. The smallest absolute Gasteiger partial charge is 0.282 e. The molecule has 5 rings (SSSR count). The Balaban J connectivity index is 1.38. The Bertz CT molecular complexity index is 1510. The van der Waals surface area contributed by atoms with Crippen LogP contribution in [0.15, 0.2) is 43.1 Å². The van der Waals surface area contributed by atoms with Gasteiger partial charge in [0.15, 0.2) is 11.5 Å². The van der Waals surface area contributed by atoms with Crippen LogP contribution in [0, 0.1) is 5.82 Å². The van der Waals surface area contributed by atoms with Gasteiger partial charge in [0.2, 0.25) is 5.95 Å². The van der Waals surface area contributed by atoms with Crippen molar-refractivity contribution in [3.8, 4) is 11.3 Å². The molecule has 0 bridgehead atoms. The van der Waals surface area contributed by atoms with Crippen molar-refractivity contribution in [2.24, 2.45) is 0 Å². The molecule has 4 heterocycles. The van der Waals surface area contributed by atoms with Gasteiger partial charge in [0, 0.05) is 48.4 Å². The van der Waals surface area contributed by atoms with Gasteiger partial charge in [0.1, 0.15) is 5.69 Å². The molecular formula is C24H18ClF5N8O. The van der Waals surface area contributed by atoms with E-state index in [4.69, 9.17) is 11.6 Å². The quantitative estimate of drug-likeness (QED) is 0.289. The number of nitrogens with one attached hydrogen (secondary N) is 1. The van der Waals surface area contributed by atoms with E-state index in [2.05, 4.69) is 30.4 Å². The zero-order valence-corrected chi connectivity index (χ0v) is 20.6. The van der Waals surface area contributed by atoms with E-state index >= 15 is 0 Å². The highest BCUT2D eigenvalue weighted by Gasteiger charge is 2.27. The molecule has 0 spiro atoms. The molecule has 1 aliphatic heterocycles. The second-order valence-electron chi connectivity index (χ2n) is 8.53. The second kappa shape index (κ2) is 10.9. The molecule has 4 aromatic rings. The lowest BCUT2D eigenvalue weighted by Crippen LogP contribution is -2.38. The first-order valence-corrected chi connectivity index (χ1v) is 11.9. The predicted octanol–water partition coefficient (Wildman–Crippen LogP) is 5.31. The normalized spacial score (nSPS) is 13.2. The van der Waals surface area contributed by atoms with Crippen LogP contribution in [0.5, 0.6) is 0 Å². The van der Waals surface area contributed by atoms with Gasteiger partial charge in [-0.3, -0.25) is 14.5 Å². The molecule has 0 unspecified atom stereocenters. The molecule has 1 N–H and O–H groups in total. The Kier molecular flexibility index (Phi) is 7.37. The molecule has 1 amide bonds. The third-order valence-corrected chi connectivity index (χ3v) is 6.20. The van der Waals surface area contributed by atoms with E-state index in [1.807, 2.05) is 4.90 Å². The summed E-state index contributed by atoms with van der Waals surface area (Å²) in [6.45, 7) is 2.07. The summed E-state index contributed by atoms with van der Waals surface area (Å²) in [5.74, 6) is -1.74. The minimum atomic E-state index is -3.23. The van der Waals surface area contributed by atoms with Crippen LogP contribution in [0.3, 0.4) is 0 Å². The van der Waals surface area contributed by atoms with Crippen molar-refractivity contribution in [3.05, 3.63) is 76.5 Å². The molecule has 1 aromatic carbocycles. The number of amides is 1. The molecule has 1 fully saturated rings. The minimum Gasteiger partial charge on any atom is -0.341 e. The van der Waals surface area contributed by atoms with Gasteiger partial charge in [-0.2, -0.15) is 5.10 Å². The molecule has 3 aromatic heterocycles. The van der Waals surface area contributed by atoms with Crippen LogP contribution in [0.25, 0.3) is 11.3 Å². The topological polar surface area (TPSA) is 102 Å². The maximum absolute atomic E-state index is 14.7. The zero-order valence-electron chi connectivity index (χ0n) is 19.8.